The van der Waals surface area contributed by atoms with Gasteiger partial charge in [-0.3, -0.25) is 5.32 Å². The van der Waals surface area contributed by atoms with Gasteiger partial charge in [0.15, 0.2) is 0 Å². The van der Waals surface area contributed by atoms with Gasteiger partial charge in [-0.25, -0.2) is 4.79 Å². The van der Waals surface area contributed by atoms with Gasteiger partial charge in [0.25, 0.3) is 0 Å². The molecule has 0 atom stereocenters. The molecule has 0 aliphatic heterocycles. The molecule has 15 heavy (non-hydrogen) atoms. The number of hydrogen-bond acceptors (Lipinski definition) is 2. The summed E-state index contributed by atoms with van der Waals surface area (Å²) in [6.07, 6.45) is 3.24. The van der Waals surface area contributed by atoms with Crippen molar-refractivity contribution in [2.75, 3.05) is 5.32 Å². The van der Waals surface area contributed by atoms with E-state index in [1.807, 2.05) is 18.4 Å². The lowest BCUT2D eigenvalue weighted by molar-refractivity contribution is 0.247. The number of nitrogens with one attached hydrogen (secondary N) is 2. The average molecular weight is 224 g/mol. The smallest absolute Gasteiger partial charge is 0.320 e. The molecule has 1 aliphatic carbocycles. The zero-order valence-electron chi connectivity index (χ0n) is 9.09. The highest BCUT2D eigenvalue weighted by atomic mass is 32.1. The van der Waals surface area contributed by atoms with E-state index in [1.54, 1.807) is 11.3 Å². The van der Waals surface area contributed by atoms with E-state index in [0.717, 1.165) is 24.3 Å². The van der Waals surface area contributed by atoms with Crippen molar-refractivity contribution in [3.63, 3.8) is 0 Å². The maximum absolute atomic E-state index is 11.6. The predicted molar refractivity (Wildman–Crippen MR) is 63.5 cm³/mol. The van der Waals surface area contributed by atoms with Crippen LogP contribution in [0.4, 0.5) is 9.80 Å². The number of urea groups is 1. The monoisotopic (exact) mass is 224 g/mol. The fourth-order valence-electron chi connectivity index (χ4n) is 1.60. The van der Waals surface area contributed by atoms with Crippen LogP contribution < -0.4 is 10.6 Å². The van der Waals surface area contributed by atoms with Gasteiger partial charge in [0.2, 0.25) is 0 Å². The second-order valence-corrected chi connectivity index (χ2v) is 5.11. The summed E-state index contributed by atoms with van der Waals surface area (Å²) in [4.78, 5) is 11.6. The van der Waals surface area contributed by atoms with Gasteiger partial charge < -0.3 is 5.32 Å². The van der Waals surface area contributed by atoms with Crippen LogP contribution in [0.5, 0.6) is 0 Å². The van der Waals surface area contributed by atoms with Crippen LogP contribution in [-0.2, 0) is 0 Å². The van der Waals surface area contributed by atoms with Gasteiger partial charge in [-0.05, 0) is 43.2 Å². The van der Waals surface area contributed by atoms with Crippen molar-refractivity contribution in [2.24, 2.45) is 0 Å². The van der Waals surface area contributed by atoms with E-state index in [0.29, 0.717) is 0 Å². The number of carbonyl (C=O) groups excluding carboxylic acids is 1. The molecule has 0 bridgehead atoms. The van der Waals surface area contributed by atoms with Crippen molar-refractivity contribution < 1.29 is 4.79 Å². The van der Waals surface area contributed by atoms with Crippen molar-refractivity contribution in [1.29, 1.82) is 0 Å². The first-order valence-corrected chi connectivity index (χ1v) is 6.16. The first kappa shape index (κ1) is 10.5. The standard InChI is InChI=1S/C11H16N2OS/c1-3-11(4-5-11)13-10(14)12-9-6-8(2)7-15-9/h6-7H,3-5H2,1-2H3,(H2,12,13,14). The second-order valence-electron chi connectivity index (χ2n) is 4.20. The molecule has 1 aromatic rings. The molecule has 1 aromatic heterocycles. The largest absolute Gasteiger partial charge is 0.332 e. The fraction of sp³-hybridized carbons (Fsp3) is 0.545. The summed E-state index contributed by atoms with van der Waals surface area (Å²) in [7, 11) is 0. The zero-order valence-corrected chi connectivity index (χ0v) is 9.91. The van der Waals surface area contributed by atoms with Crippen LogP contribution in [0.1, 0.15) is 31.7 Å². The van der Waals surface area contributed by atoms with E-state index in [1.165, 1.54) is 5.56 Å². The summed E-state index contributed by atoms with van der Waals surface area (Å²) < 4.78 is 0. The van der Waals surface area contributed by atoms with E-state index in [9.17, 15) is 4.79 Å². The molecule has 2 N–H and O–H groups in total. The Hall–Kier alpha value is -1.03. The lowest BCUT2D eigenvalue weighted by Crippen LogP contribution is -2.39. The molecule has 1 aliphatic rings. The van der Waals surface area contributed by atoms with Crippen LogP contribution >= 0.6 is 11.3 Å². The molecular formula is C11H16N2OS. The van der Waals surface area contributed by atoms with Crippen LogP contribution in [0.3, 0.4) is 0 Å². The highest BCUT2D eigenvalue weighted by Gasteiger charge is 2.42. The van der Waals surface area contributed by atoms with E-state index in [4.69, 9.17) is 0 Å². The minimum Gasteiger partial charge on any atom is -0.332 e. The third-order valence-corrected chi connectivity index (χ3v) is 3.84. The minimum absolute atomic E-state index is 0.0730. The molecule has 4 heteroatoms. The number of carbonyl (C=O) groups is 1. The number of hydrogen-bond donors (Lipinski definition) is 2. The number of aryl methyl sites for hydroxylation is 1. The highest BCUT2D eigenvalue weighted by molar-refractivity contribution is 7.14. The molecule has 3 nitrogen and oxygen atoms in total. The van der Waals surface area contributed by atoms with Gasteiger partial charge >= 0.3 is 6.03 Å². The molecule has 2 rings (SSSR count). The first-order chi connectivity index (χ1) is 7.13. The Kier molecular flexibility index (Phi) is 2.69. The van der Waals surface area contributed by atoms with Crippen molar-refractivity contribution >= 4 is 22.4 Å². The molecule has 1 saturated carbocycles. The maximum atomic E-state index is 11.6. The Labute approximate surface area is 93.9 Å². The topological polar surface area (TPSA) is 41.1 Å². The van der Waals surface area contributed by atoms with E-state index >= 15 is 0 Å². The summed E-state index contributed by atoms with van der Waals surface area (Å²) in [6, 6.07) is 1.91. The van der Waals surface area contributed by atoms with Crippen molar-refractivity contribution in [3.05, 3.63) is 17.0 Å². The average Bonchev–Trinajstić information content (AvgIpc) is 2.84. The van der Waals surface area contributed by atoms with Gasteiger partial charge in [-0.2, -0.15) is 0 Å². The molecule has 0 spiro atoms. The van der Waals surface area contributed by atoms with E-state index < -0.39 is 0 Å². The van der Waals surface area contributed by atoms with Gasteiger partial charge in [0.1, 0.15) is 0 Å². The zero-order chi connectivity index (χ0) is 10.9. The molecule has 0 saturated heterocycles. The summed E-state index contributed by atoms with van der Waals surface area (Å²) >= 11 is 1.56. The quantitative estimate of drug-likeness (QED) is 0.813. The van der Waals surface area contributed by atoms with Crippen molar-refractivity contribution in [1.82, 2.24) is 5.32 Å². The fourth-order valence-corrected chi connectivity index (χ4v) is 2.39. The summed E-state index contributed by atoms with van der Waals surface area (Å²) in [5.74, 6) is 0. The Bertz CT molecular complexity index is 368. The molecule has 82 valence electrons. The predicted octanol–water partition coefficient (Wildman–Crippen LogP) is 3.12. The van der Waals surface area contributed by atoms with Crippen LogP contribution in [0, 0.1) is 6.92 Å². The second kappa shape index (κ2) is 3.85. The van der Waals surface area contributed by atoms with Crippen LogP contribution in [0.2, 0.25) is 0 Å². The number of thiophene rings is 1. The Morgan fingerprint density at radius 3 is 2.80 bits per heavy atom. The minimum atomic E-state index is -0.0730. The van der Waals surface area contributed by atoms with Crippen LogP contribution in [0.25, 0.3) is 0 Å². The van der Waals surface area contributed by atoms with Crippen LogP contribution in [0.15, 0.2) is 11.4 Å². The third-order valence-electron chi connectivity index (χ3n) is 2.88. The van der Waals surface area contributed by atoms with Crippen LogP contribution in [-0.4, -0.2) is 11.6 Å². The first-order valence-electron chi connectivity index (χ1n) is 5.28. The number of amides is 2. The number of rotatable bonds is 3. The molecule has 1 heterocycles. The van der Waals surface area contributed by atoms with Crippen molar-refractivity contribution in [2.45, 2.75) is 38.6 Å². The Balaban J connectivity index is 1.87. The molecule has 2 amide bonds. The van der Waals surface area contributed by atoms with Gasteiger partial charge in [0.05, 0.1) is 5.00 Å². The lowest BCUT2D eigenvalue weighted by atomic mass is 10.2. The maximum Gasteiger partial charge on any atom is 0.320 e. The molecule has 0 radical (unpaired) electrons. The Morgan fingerprint density at radius 1 is 1.60 bits per heavy atom. The highest BCUT2D eigenvalue weighted by Crippen LogP contribution is 2.38. The van der Waals surface area contributed by atoms with Gasteiger partial charge in [-0.15, -0.1) is 11.3 Å². The Morgan fingerprint density at radius 2 is 2.33 bits per heavy atom. The summed E-state index contributed by atoms with van der Waals surface area (Å²) in [6.45, 7) is 4.14. The van der Waals surface area contributed by atoms with E-state index in [-0.39, 0.29) is 11.6 Å². The van der Waals surface area contributed by atoms with Gasteiger partial charge in [-0.1, -0.05) is 6.92 Å². The SMILES string of the molecule is CCC1(NC(=O)Nc2cc(C)cs2)CC1. The molecule has 0 unspecified atom stereocenters. The lowest BCUT2D eigenvalue weighted by Gasteiger charge is -2.14. The third kappa shape index (κ3) is 2.50. The number of anilines is 1. The van der Waals surface area contributed by atoms with Gasteiger partial charge in [0, 0.05) is 5.54 Å². The normalized spacial score (nSPS) is 17.2. The molecule has 0 aromatic carbocycles. The molecular weight excluding hydrogens is 208 g/mol. The molecule has 1 fully saturated rings. The van der Waals surface area contributed by atoms with Crippen molar-refractivity contribution in [3.8, 4) is 0 Å². The van der Waals surface area contributed by atoms with E-state index in [2.05, 4.69) is 17.6 Å². The summed E-state index contributed by atoms with van der Waals surface area (Å²) in [5, 5.41) is 8.84. The summed E-state index contributed by atoms with van der Waals surface area (Å²) in [5.41, 5.74) is 1.28.